The molecule has 6 rings (SSSR count). The Morgan fingerprint density at radius 2 is 0.772 bits per heavy atom. The minimum atomic E-state index is -2.09. The van der Waals surface area contributed by atoms with Crippen LogP contribution in [0.5, 0.6) is 0 Å². The fourth-order valence-electron chi connectivity index (χ4n) is 9.48. The zero-order valence-electron chi connectivity index (χ0n) is 38.7. The quantitative estimate of drug-likeness (QED) is 0.0993. The molecule has 0 heterocycles. The molecular formula is C56H76Si. The smallest absolute Gasteiger partial charge is 0.0709 e. The monoisotopic (exact) mass is 777 g/mol. The molecule has 0 aliphatic heterocycles. The Morgan fingerprint density at radius 1 is 0.439 bits per heavy atom. The molecule has 304 valence electrons. The van der Waals surface area contributed by atoms with Crippen molar-refractivity contribution in [1.82, 2.24) is 0 Å². The van der Waals surface area contributed by atoms with Gasteiger partial charge in [-0.3, -0.25) is 0 Å². The molecule has 0 spiro atoms. The van der Waals surface area contributed by atoms with Crippen LogP contribution in [0.4, 0.5) is 0 Å². The fourth-order valence-corrected chi connectivity index (χ4v) is 15.0. The van der Waals surface area contributed by atoms with Crippen molar-refractivity contribution in [2.24, 2.45) is 0 Å². The van der Waals surface area contributed by atoms with Crippen LogP contribution in [0.2, 0.25) is 12.1 Å². The van der Waals surface area contributed by atoms with Gasteiger partial charge in [0.1, 0.15) is 8.07 Å². The molecule has 1 heteroatoms. The molecule has 0 atom stereocenters. The van der Waals surface area contributed by atoms with Gasteiger partial charge in [-0.1, -0.05) is 231 Å². The van der Waals surface area contributed by atoms with Crippen LogP contribution in [0.15, 0.2) is 83.2 Å². The van der Waals surface area contributed by atoms with Gasteiger partial charge in [0.05, 0.1) is 0 Å². The van der Waals surface area contributed by atoms with Crippen LogP contribution in [0, 0.1) is 0 Å². The van der Waals surface area contributed by atoms with Gasteiger partial charge in [-0.25, -0.2) is 0 Å². The van der Waals surface area contributed by atoms with E-state index in [9.17, 15) is 0 Å². The third kappa shape index (κ3) is 9.25. The summed E-state index contributed by atoms with van der Waals surface area (Å²) in [6.07, 6.45) is 15.6. The Morgan fingerprint density at radius 3 is 1.07 bits per heavy atom. The Balaban J connectivity index is 1.53. The van der Waals surface area contributed by atoms with Crippen molar-refractivity contribution in [2.75, 3.05) is 0 Å². The molecule has 0 aromatic heterocycles. The van der Waals surface area contributed by atoms with Crippen LogP contribution in [-0.2, 0) is 34.5 Å². The van der Waals surface area contributed by atoms with Crippen molar-refractivity contribution in [1.29, 1.82) is 0 Å². The molecule has 0 nitrogen and oxygen atoms in total. The molecule has 0 unspecified atom stereocenters. The van der Waals surface area contributed by atoms with E-state index in [-0.39, 0.29) is 21.7 Å². The highest BCUT2D eigenvalue weighted by molar-refractivity contribution is 6.94. The molecule has 0 N–H and O–H groups in total. The number of hydrogen-bond donors (Lipinski definition) is 0. The molecule has 0 saturated carbocycles. The lowest BCUT2D eigenvalue weighted by molar-refractivity contribution is 0.568. The van der Waals surface area contributed by atoms with Gasteiger partial charge in [0.25, 0.3) is 0 Å². The van der Waals surface area contributed by atoms with E-state index >= 15 is 0 Å². The van der Waals surface area contributed by atoms with Gasteiger partial charge in [0, 0.05) is 0 Å². The standard InChI is InChI=1S/C56H76Si/c1-15-17-19-27-57(28-20-18-16-2,47-33-39-23-21-25-49(51(39)37-47)41-29-43(53(3,4)5)35-44(30-41)54(6,7)8)48-34-40-24-22-26-50(52(40)38-48)42-31-45(55(9,10)11)36-46(32-42)56(12,13)14/h21-26,29-32,35-38H,15-20,27-28,33-34H2,1-14H3. The number of benzene rings is 4. The number of hydrogen-bond acceptors (Lipinski definition) is 0. The molecule has 0 fully saturated rings. The Hall–Kier alpha value is -3.42. The first-order chi connectivity index (χ1) is 26.7. The number of rotatable bonds is 12. The van der Waals surface area contributed by atoms with Gasteiger partial charge < -0.3 is 0 Å². The van der Waals surface area contributed by atoms with Crippen LogP contribution < -0.4 is 0 Å². The van der Waals surface area contributed by atoms with Gasteiger partial charge in [-0.2, -0.15) is 0 Å². The predicted octanol–water partition coefficient (Wildman–Crippen LogP) is 16.7. The third-order valence-corrected chi connectivity index (χ3v) is 18.9. The summed E-state index contributed by atoms with van der Waals surface area (Å²) in [4.78, 5) is 0. The summed E-state index contributed by atoms with van der Waals surface area (Å²) in [5.41, 5.74) is 17.7. The predicted molar refractivity (Wildman–Crippen MR) is 256 cm³/mol. The second-order valence-electron chi connectivity index (χ2n) is 22.0. The maximum atomic E-state index is 2.75. The highest BCUT2D eigenvalue weighted by Crippen LogP contribution is 2.49. The number of fused-ring (bicyclic) bond motifs is 2. The molecule has 4 aromatic carbocycles. The molecule has 0 saturated heterocycles. The van der Waals surface area contributed by atoms with Crippen molar-refractivity contribution in [2.45, 2.75) is 182 Å². The Labute approximate surface area is 350 Å². The zero-order chi connectivity index (χ0) is 41.6. The lowest BCUT2D eigenvalue weighted by Gasteiger charge is -2.36. The molecule has 2 aliphatic rings. The van der Waals surface area contributed by atoms with Gasteiger partial charge in [-0.15, -0.1) is 0 Å². The second kappa shape index (κ2) is 16.3. The van der Waals surface area contributed by atoms with Crippen LogP contribution in [0.1, 0.15) is 180 Å². The lowest BCUT2D eigenvalue weighted by atomic mass is 9.78. The topological polar surface area (TPSA) is 0 Å². The minimum absolute atomic E-state index is 0.0841. The van der Waals surface area contributed by atoms with Crippen LogP contribution in [-0.4, -0.2) is 8.07 Å². The summed E-state index contributed by atoms with van der Waals surface area (Å²) >= 11 is 0. The lowest BCUT2D eigenvalue weighted by Crippen LogP contribution is -2.40. The van der Waals surface area contributed by atoms with Gasteiger partial charge >= 0.3 is 0 Å². The largest absolute Gasteiger partial charge is 0.109 e. The Bertz CT molecular complexity index is 1920. The van der Waals surface area contributed by atoms with Crippen LogP contribution in [0.25, 0.3) is 34.4 Å². The summed E-state index contributed by atoms with van der Waals surface area (Å²) in [5, 5.41) is 3.59. The van der Waals surface area contributed by atoms with E-state index in [1.54, 1.807) is 10.4 Å². The number of unbranched alkanes of at least 4 members (excludes halogenated alkanes) is 4. The normalized spacial score (nSPS) is 14.8. The summed E-state index contributed by atoms with van der Waals surface area (Å²) in [6, 6.07) is 32.1. The Kier molecular flexibility index (Phi) is 12.4. The van der Waals surface area contributed by atoms with E-state index in [2.05, 4.69) is 182 Å². The first-order valence-electron chi connectivity index (χ1n) is 22.6. The van der Waals surface area contributed by atoms with Crippen molar-refractivity contribution in [3.05, 3.63) is 128 Å². The average molecular weight is 777 g/mol. The third-order valence-electron chi connectivity index (χ3n) is 13.4. The summed E-state index contributed by atoms with van der Waals surface area (Å²) in [5.74, 6) is 0. The molecular weight excluding hydrogens is 701 g/mol. The van der Waals surface area contributed by atoms with Crippen molar-refractivity contribution in [3.8, 4) is 22.3 Å². The SMILES string of the molecule is CCCCC[Si](CCCCC)(C1=Cc2c(cccc2-c2cc(C(C)(C)C)cc(C(C)(C)C)c2)C1)C1=Cc2c(cccc2-c2cc(C(C)(C)C)cc(C(C)(C)C)c2)C1. The van der Waals surface area contributed by atoms with E-state index < -0.39 is 8.07 Å². The fraction of sp³-hybridized carbons (Fsp3) is 0.500. The average Bonchev–Trinajstić information content (AvgIpc) is 3.78. The highest BCUT2D eigenvalue weighted by Gasteiger charge is 2.43. The van der Waals surface area contributed by atoms with Gasteiger partial charge in [-0.05, 0) is 113 Å². The van der Waals surface area contributed by atoms with Crippen LogP contribution >= 0.6 is 0 Å². The first-order valence-corrected chi connectivity index (χ1v) is 25.1. The molecule has 4 aromatic rings. The van der Waals surface area contributed by atoms with E-state index in [1.807, 2.05) is 0 Å². The summed E-state index contributed by atoms with van der Waals surface area (Å²) in [7, 11) is -2.09. The van der Waals surface area contributed by atoms with E-state index in [0.717, 1.165) is 12.8 Å². The maximum Gasteiger partial charge on any atom is 0.109 e. The second-order valence-corrected chi connectivity index (χ2v) is 26.5. The van der Waals surface area contributed by atoms with E-state index in [4.69, 9.17) is 0 Å². The van der Waals surface area contributed by atoms with Crippen LogP contribution in [0.3, 0.4) is 0 Å². The summed E-state index contributed by atoms with van der Waals surface area (Å²) < 4.78 is 0. The van der Waals surface area contributed by atoms with Crippen molar-refractivity contribution < 1.29 is 0 Å². The number of allylic oxidation sites excluding steroid dienone is 2. The van der Waals surface area contributed by atoms with E-state index in [0.29, 0.717) is 0 Å². The highest BCUT2D eigenvalue weighted by atomic mass is 28.3. The first kappa shape index (κ1) is 43.2. The van der Waals surface area contributed by atoms with E-state index in [1.165, 1.54) is 117 Å². The summed E-state index contributed by atoms with van der Waals surface area (Å²) in [6.45, 7) is 33.1. The molecule has 2 aliphatic carbocycles. The molecule has 57 heavy (non-hydrogen) atoms. The van der Waals surface area contributed by atoms with Crippen molar-refractivity contribution in [3.63, 3.8) is 0 Å². The maximum absolute atomic E-state index is 2.75. The molecule has 0 bridgehead atoms. The van der Waals surface area contributed by atoms with Gasteiger partial charge in [0.15, 0.2) is 0 Å². The zero-order valence-corrected chi connectivity index (χ0v) is 39.7. The molecule has 0 amide bonds. The van der Waals surface area contributed by atoms with Gasteiger partial charge in [0.2, 0.25) is 0 Å². The molecule has 0 radical (unpaired) electrons. The van der Waals surface area contributed by atoms with Crippen molar-refractivity contribution >= 4 is 20.2 Å². The minimum Gasteiger partial charge on any atom is -0.0709 e.